The van der Waals surface area contributed by atoms with Gasteiger partial charge in [-0.25, -0.2) is 0 Å². The van der Waals surface area contributed by atoms with Crippen molar-refractivity contribution in [2.75, 3.05) is 5.75 Å². The van der Waals surface area contributed by atoms with Crippen LogP contribution in [0.5, 0.6) is 0 Å². The molecule has 0 aliphatic carbocycles. The Morgan fingerprint density at radius 3 is 2.16 bits per heavy atom. The van der Waals surface area contributed by atoms with Gasteiger partial charge in [-0.3, -0.25) is 4.79 Å². The number of carboxylic acids is 1. The third kappa shape index (κ3) is 11.6. The molecule has 0 aromatic carbocycles. The summed E-state index contributed by atoms with van der Waals surface area (Å²) >= 11 is 4.17. The minimum absolute atomic E-state index is 0.152. The van der Waals surface area contributed by atoms with Crippen LogP contribution >= 0.6 is 12.6 Å². The Morgan fingerprint density at radius 1 is 1.04 bits per heavy atom. The average molecular weight is 374 g/mol. The minimum atomic E-state index is -0.844. The van der Waals surface area contributed by atoms with Gasteiger partial charge in [0.15, 0.2) is 0 Å². The van der Waals surface area contributed by atoms with Crippen LogP contribution in [0.1, 0.15) is 79.6 Å². The van der Waals surface area contributed by atoms with Crippen molar-refractivity contribution in [2.24, 2.45) is 17.8 Å². The molecule has 0 spiro atoms. The zero-order chi connectivity index (χ0) is 19.4. The van der Waals surface area contributed by atoms with Crippen molar-refractivity contribution in [3.05, 3.63) is 0 Å². The fourth-order valence-electron chi connectivity index (χ4n) is 3.24. The van der Waals surface area contributed by atoms with E-state index < -0.39 is 12.0 Å². The molecule has 0 heterocycles. The van der Waals surface area contributed by atoms with Gasteiger partial charge in [0.05, 0.1) is 0 Å². The number of rotatable bonds is 15. The fourth-order valence-corrected chi connectivity index (χ4v) is 3.50. The summed E-state index contributed by atoms with van der Waals surface area (Å²) in [5, 5.41) is 12.6. The van der Waals surface area contributed by atoms with Crippen LogP contribution in [-0.2, 0) is 9.59 Å². The van der Waals surface area contributed by atoms with Crippen molar-refractivity contribution in [3.8, 4) is 0 Å². The molecule has 148 valence electrons. The highest BCUT2D eigenvalue weighted by atomic mass is 32.1. The van der Waals surface area contributed by atoms with Crippen LogP contribution in [0.2, 0.25) is 0 Å². The number of carbonyl (C=O) groups is 2. The van der Waals surface area contributed by atoms with Crippen LogP contribution in [0.3, 0.4) is 0 Å². The Morgan fingerprint density at radius 2 is 1.68 bits per heavy atom. The second-order valence-electron chi connectivity index (χ2n) is 7.86. The molecule has 0 amide bonds. The average Bonchev–Trinajstić information content (AvgIpc) is 2.53. The van der Waals surface area contributed by atoms with E-state index in [1.165, 1.54) is 19.3 Å². The molecule has 4 nitrogen and oxygen atoms in total. The number of nitrogens with one attached hydrogen (secondary N) is 1. The van der Waals surface area contributed by atoms with E-state index in [0.29, 0.717) is 18.3 Å². The van der Waals surface area contributed by atoms with Gasteiger partial charge in [0, 0.05) is 18.2 Å². The molecule has 0 aliphatic heterocycles. The highest BCUT2D eigenvalue weighted by Gasteiger charge is 2.24. The monoisotopic (exact) mass is 373 g/mol. The molecule has 0 fully saturated rings. The summed E-state index contributed by atoms with van der Waals surface area (Å²) in [7, 11) is 0. The zero-order valence-electron chi connectivity index (χ0n) is 16.8. The largest absolute Gasteiger partial charge is 0.480 e. The van der Waals surface area contributed by atoms with Gasteiger partial charge in [0.1, 0.15) is 11.8 Å². The smallest absolute Gasteiger partial charge is 0.321 e. The van der Waals surface area contributed by atoms with Crippen LogP contribution in [0.25, 0.3) is 0 Å². The molecule has 5 unspecified atom stereocenters. The van der Waals surface area contributed by atoms with Crippen molar-refractivity contribution in [2.45, 2.75) is 91.6 Å². The van der Waals surface area contributed by atoms with Crippen LogP contribution in [0, 0.1) is 17.8 Å². The molecule has 5 atom stereocenters. The highest BCUT2D eigenvalue weighted by molar-refractivity contribution is 7.80. The molecule has 25 heavy (non-hydrogen) atoms. The number of thiol groups is 1. The Balaban J connectivity index is 4.68. The SMILES string of the molecule is CCC(C)CCCC(C)C(CCC(C)CC(C)=O)NC(CS)C(=O)O. The number of ketones is 1. The first-order valence-electron chi connectivity index (χ1n) is 9.80. The van der Waals surface area contributed by atoms with Gasteiger partial charge in [-0.2, -0.15) is 12.6 Å². The number of carboxylic acid groups (broad SMARTS) is 1. The van der Waals surface area contributed by atoms with Crippen LogP contribution in [-0.4, -0.2) is 34.7 Å². The van der Waals surface area contributed by atoms with E-state index in [4.69, 9.17) is 0 Å². The quantitative estimate of drug-likeness (QED) is 0.368. The van der Waals surface area contributed by atoms with Gasteiger partial charge in [0.2, 0.25) is 0 Å². The zero-order valence-corrected chi connectivity index (χ0v) is 17.6. The lowest BCUT2D eigenvalue weighted by Crippen LogP contribution is -2.47. The predicted octanol–water partition coefficient (Wildman–Crippen LogP) is 4.58. The van der Waals surface area contributed by atoms with E-state index in [2.05, 4.69) is 45.6 Å². The van der Waals surface area contributed by atoms with Crippen LogP contribution in [0.15, 0.2) is 0 Å². The second kappa shape index (κ2) is 13.6. The minimum Gasteiger partial charge on any atom is -0.480 e. The first-order chi connectivity index (χ1) is 11.7. The van der Waals surface area contributed by atoms with Gasteiger partial charge >= 0.3 is 5.97 Å². The second-order valence-corrected chi connectivity index (χ2v) is 8.22. The van der Waals surface area contributed by atoms with E-state index in [1.807, 2.05) is 0 Å². The standard InChI is InChI=1S/C20H39NO3S/c1-6-14(2)8-7-9-16(4)18(21-19(13-25)20(23)24)11-10-15(3)12-17(5)22/h14-16,18-19,21,25H,6-13H2,1-5H3,(H,23,24). The third-order valence-corrected chi connectivity index (χ3v) is 5.61. The van der Waals surface area contributed by atoms with Gasteiger partial charge < -0.3 is 15.2 Å². The maximum Gasteiger partial charge on any atom is 0.321 e. The molecule has 0 saturated heterocycles. The summed E-state index contributed by atoms with van der Waals surface area (Å²) < 4.78 is 0. The molecule has 0 aromatic rings. The summed E-state index contributed by atoms with van der Waals surface area (Å²) in [5.74, 6) is 1.16. The molecule has 5 heteroatoms. The number of aliphatic carboxylic acids is 1. The van der Waals surface area contributed by atoms with Crippen molar-refractivity contribution >= 4 is 24.4 Å². The molecular formula is C20H39NO3S. The molecule has 2 N–H and O–H groups in total. The summed E-state index contributed by atoms with van der Waals surface area (Å²) in [5.41, 5.74) is 0. The Kier molecular flexibility index (Phi) is 13.3. The lowest BCUT2D eigenvalue weighted by atomic mass is 9.87. The molecule has 0 aliphatic rings. The van der Waals surface area contributed by atoms with Crippen LogP contribution < -0.4 is 5.32 Å². The van der Waals surface area contributed by atoms with E-state index in [1.54, 1.807) is 6.92 Å². The third-order valence-electron chi connectivity index (χ3n) is 5.24. The van der Waals surface area contributed by atoms with Crippen molar-refractivity contribution in [1.82, 2.24) is 5.32 Å². The fraction of sp³-hybridized carbons (Fsp3) is 0.900. The molecular weight excluding hydrogens is 334 g/mol. The van der Waals surface area contributed by atoms with Crippen molar-refractivity contribution < 1.29 is 14.7 Å². The van der Waals surface area contributed by atoms with Gasteiger partial charge in [-0.15, -0.1) is 0 Å². The number of carbonyl (C=O) groups excluding carboxylic acids is 1. The molecule has 0 aromatic heterocycles. The van der Waals surface area contributed by atoms with Gasteiger partial charge in [-0.05, 0) is 43.9 Å². The molecule has 0 radical (unpaired) electrons. The molecule has 0 bridgehead atoms. The topological polar surface area (TPSA) is 66.4 Å². The maximum absolute atomic E-state index is 11.4. The van der Waals surface area contributed by atoms with Crippen molar-refractivity contribution in [3.63, 3.8) is 0 Å². The van der Waals surface area contributed by atoms with Crippen molar-refractivity contribution in [1.29, 1.82) is 0 Å². The van der Waals surface area contributed by atoms with E-state index >= 15 is 0 Å². The summed E-state index contributed by atoms with van der Waals surface area (Å²) in [6.07, 6.45) is 7.15. The molecule has 0 rings (SSSR count). The highest BCUT2D eigenvalue weighted by Crippen LogP contribution is 2.22. The summed E-state index contributed by atoms with van der Waals surface area (Å²) in [6, 6.07) is -0.465. The van der Waals surface area contributed by atoms with E-state index in [9.17, 15) is 14.7 Å². The maximum atomic E-state index is 11.4. The lowest BCUT2D eigenvalue weighted by Gasteiger charge is -2.29. The normalized spacial score (nSPS) is 17.5. The lowest BCUT2D eigenvalue weighted by molar-refractivity contribution is -0.139. The number of hydrogen-bond acceptors (Lipinski definition) is 4. The Labute approximate surface area is 159 Å². The summed E-state index contributed by atoms with van der Waals surface area (Å²) in [4.78, 5) is 22.6. The van der Waals surface area contributed by atoms with E-state index in [0.717, 1.165) is 25.2 Å². The first kappa shape index (κ1) is 24.5. The predicted molar refractivity (Wildman–Crippen MR) is 108 cm³/mol. The summed E-state index contributed by atoms with van der Waals surface area (Å²) in [6.45, 7) is 10.4. The van der Waals surface area contributed by atoms with Gasteiger partial charge in [0.25, 0.3) is 0 Å². The van der Waals surface area contributed by atoms with Gasteiger partial charge in [-0.1, -0.05) is 47.0 Å². The Bertz CT molecular complexity index is 389. The van der Waals surface area contributed by atoms with Crippen LogP contribution in [0.4, 0.5) is 0 Å². The van der Waals surface area contributed by atoms with E-state index in [-0.39, 0.29) is 17.6 Å². The number of hydrogen-bond donors (Lipinski definition) is 3. The first-order valence-corrected chi connectivity index (χ1v) is 10.4. The molecule has 0 saturated carbocycles. The number of Topliss-reactive ketones (excluding diaryl/α,β-unsaturated/α-hetero) is 1. The Hall–Kier alpha value is -0.550.